The van der Waals surface area contributed by atoms with Crippen LogP contribution in [0.25, 0.3) is 0 Å². The van der Waals surface area contributed by atoms with Crippen molar-refractivity contribution in [3.05, 3.63) is 35.6 Å². The van der Waals surface area contributed by atoms with Crippen molar-refractivity contribution in [3.8, 4) is 0 Å². The van der Waals surface area contributed by atoms with E-state index in [0.29, 0.717) is 6.42 Å². The van der Waals surface area contributed by atoms with Crippen LogP contribution in [0.5, 0.6) is 0 Å². The third kappa shape index (κ3) is 5.93. The fourth-order valence-corrected chi connectivity index (χ4v) is 4.18. The van der Waals surface area contributed by atoms with Crippen molar-refractivity contribution in [1.29, 1.82) is 0 Å². The van der Waals surface area contributed by atoms with Gasteiger partial charge >= 0.3 is 0 Å². The van der Waals surface area contributed by atoms with Gasteiger partial charge < -0.3 is 10.6 Å². The van der Waals surface area contributed by atoms with Crippen molar-refractivity contribution in [2.45, 2.75) is 25.3 Å². The molecule has 2 rings (SSSR count). The summed E-state index contributed by atoms with van der Waals surface area (Å²) in [6.07, 6.45) is 0.0205. The smallest absolute Gasteiger partial charge is 0.239 e. The van der Waals surface area contributed by atoms with Crippen LogP contribution in [0.3, 0.4) is 0 Å². The van der Waals surface area contributed by atoms with Crippen LogP contribution in [0.15, 0.2) is 24.3 Å². The van der Waals surface area contributed by atoms with E-state index in [1.807, 2.05) is 0 Å². The highest BCUT2D eigenvalue weighted by Gasteiger charge is 2.28. The van der Waals surface area contributed by atoms with Gasteiger partial charge in [0.15, 0.2) is 15.6 Å². The SMILES string of the molecule is O=C(CCC(=O)c1ccccc1F)NCC(=O)NC1CCS(=O)(=O)C1. The lowest BCUT2D eigenvalue weighted by atomic mass is 10.1. The fourth-order valence-electron chi connectivity index (χ4n) is 2.50. The van der Waals surface area contributed by atoms with Gasteiger partial charge in [-0.25, -0.2) is 12.8 Å². The molecule has 0 aliphatic carbocycles. The molecule has 1 saturated heterocycles. The standard InChI is InChI=1S/C16H19FN2O5S/c17-13-4-2-1-3-12(13)14(20)5-6-15(21)18-9-16(22)19-11-7-8-25(23,24)10-11/h1-4,11H,5-10H2,(H,18,21)(H,19,22). The average molecular weight is 370 g/mol. The molecule has 2 amide bonds. The number of Topliss-reactive ketones (excluding diaryl/α,β-unsaturated/α-hetero) is 1. The maximum Gasteiger partial charge on any atom is 0.239 e. The number of nitrogens with one attached hydrogen (secondary N) is 2. The highest BCUT2D eigenvalue weighted by molar-refractivity contribution is 7.91. The zero-order valence-corrected chi connectivity index (χ0v) is 14.3. The van der Waals surface area contributed by atoms with Crippen LogP contribution in [0.1, 0.15) is 29.6 Å². The molecule has 0 aromatic heterocycles. The molecule has 7 nitrogen and oxygen atoms in total. The van der Waals surface area contributed by atoms with E-state index in [-0.39, 0.29) is 36.5 Å². The summed E-state index contributed by atoms with van der Waals surface area (Å²) in [7, 11) is -3.09. The molecule has 9 heteroatoms. The van der Waals surface area contributed by atoms with Gasteiger partial charge in [0, 0.05) is 18.9 Å². The monoisotopic (exact) mass is 370 g/mol. The Labute approximate surface area is 144 Å². The predicted octanol–water partition coefficient (Wildman–Crippen LogP) is 0.208. The van der Waals surface area contributed by atoms with Crippen LogP contribution in [0.2, 0.25) is 0 Å². The van der Waals surface area contributed by atoms with Gasteiger partial charge in [-0.3, -0.25) is 14.4 Å². The first kappa shape index (κ1) is 19.0. The number of ketones is 1. The van der Waals surface area contributed by atoms with Crippen molar-refractivity contribution < 1.29 is 27.2 Å². The molecule has 1 aliphatic heterocycles. The summed E-state index contributed by atoms with van der Waals surface area (Å²) in [4.78, 5) is 35.2. The molecule has 1 heterocycles. The van der Waals surface area contributed by atoms with E-state index in [0.717, 1.165) is 0 Å². The van der Waals surface area contributed by atoms with Gasteiger partial charge in [0.05, 0.1) is 23.6 Å². The van der Waals surface area contributed by atoms with Crippen LogP contribution in [-0.4, -0.2) is 50.1 Å². The topological polar surface area (TPSA) is 109 Å². The molecule has 0 radical (unpaired) electrons. The van der Waals surface area contributed by atoms with Gasteiger partial charge in [0.1, 0.15) is 5.82 Å². The van der Waals surface area contributed by atoms with E-state index in [1.165, 1.54) is 24.3 Å². The first-order valence-electron chi connectivity index (χ1n) is 7.81. The predicted molar refractivity (Wildman–Crippen MR) is 88.2 cm³/mol. The number of rotatable bonds is 7. The summed E-state index contributed by atoms with van der Waals surface area (Å²) in [5.74, 6) is -2.19. The Hall–Kier alpha value is -2.29. The lowest BCUT2D eigenvalue weighted by molar-refractivity contribution is -0.126. The summed E-state index contributed by atoms with van der Waals surface area (Å²) >= 11 is 0. The molecule has 0 spiro atoms. The Morgan fingerprint density at radius 3 is 2.48 bits per heavy atom. The molecule has 0 bridgehead atoms. The van der Waals surface area contributed by atoms with E-state index in [1.54, 1.807) is 0 Å². The molecule has 1 fully saturated rings. The van der Waals surface area contributed by atoms with Gasteiger partial charge in [-0.2, -0.15) is 0 Å². The molecule has 2 N–H and O–H groups in total. The minimum atomic E-state index is -3.09. The highest BCUT2D eigenvalue weighted by atomic mass is 32.2. The molecule has 1 unspecified atom stereocenters. The largest absolute Gasteiger partial charge is 0.351 e. The molecular weight excluding hydrogens is 351 g/mol. The normalized spacial score (nSPS) is 18.5. The van der Waals surface area contributed by atoms with Crippen molar-refractivity contribution >= 4 is 27.4 Å². The summed E-state index contributed by atoms with van der Waals surface area (Å²) in [5.41, 5.74) is -0.0736. The highest BCUT2D eigenvalue weighted by Crippen LogP contribution is 2.11. The Morgan fingerprint density at radius 2 is 1.84 bits per heavy atom. The number of halogens is 1. The molecule has 25 heavy (non-hydrogen) atoms. The van der Waals surface area contributed by atoms with E-state index >= 15 is 0 Å². The van der Waals surface area contributed by atoms with Crippen molar-refractivity contribution in [3.63, 3.8) is 0 Å². The quantitative estimate of drug-likeness (QED) is 0.667. The third-order valence-corrected chi connectivity index (χ3v) is 5.56. The molecular formula is C16H19FN2O5S. The summed E-state index contributed by atoms with van der Waals surface area (Å²) in [6, 6.07) is 5.08. The van der Waals surface area contributed by atoms with Crippen LogP contribution in [-0.2, 0) is 19.4 Å². The third-order valence-electron chi connectivity index (χ3n) is 3.80. The van der Waals surface area contributed by atoms with E-state index < -0.39 is 39.3 Å². The summed E-state index contributed by atoms with van der Waals surface area (Å²) < 4.78 is 36.0. The number of carbonyl (C=O) groups excluding carboxylic acids is 3. The van der Waals surface area contributed by atoms with E-state index in [2.05, 4.69) is 10.6 Å². The molecule has 0 saturated carbocycles. The molecule has 1 aromatic carbocycles. The number of benzene rings is 1. The summed E-state index contributed by atoms with van der Waals surface area (Å²) in [6.45, 7) is -0.302. The van der Waals surface area contributed by atoms with Crippen molar-refractivity contribution in [1.82, 2.24) is 10.6 Å². The van der Waals surface area contributed by atoms with Crippen LogP contribution < -0.4 is 10.6 Å². The molecule has 1 atom stereocenters. The average Bonchev–Trinajstić information content (AvgIpc) is 2.89. The second-order valence-corrected chi connectivity index (χ2v) is 8.08. The van der Waals surface area contributed by atoms with E-state index in [4.69, 9.17) is 0 Å². The molecule has 136 valence electrons. The van der Waals surface area contributed by atoms with Crippen LogP contribution >= 0.6 is 0 Å². The van der Waals surface area contributed by atoms with E-state index in [9.17, 15) is 27.2 Å². The van der Waals surface area contributed by atoms with Crippen LogP contribution in [0, 0.1) is 5.82 Å². The Morgan fingerprint density at radius 1 is 1.12 bits per heavy atom. The zero-order valence-electron chi connectivity index (χ0n) is 13.5. The van der Waals surface area contributed by atoms with Gasteiger partial charge in [-0.15, -0.1) is 0 Å². The lowest BCUT2D eigenvalue weighted by Crippen LogP contribution is -2.42. The first-order chi connectivity index (χ1) is 11.8. The molecule has 1 aliphatic rings. The second kappa shape index (κ2) is 8.19. The zero-order chi connectivity index (χ0) is 18.4. The minimum Gasteiger partial charge on any atom is -0.351 e. The number of hydrogen-bond acceptors (Lipinski definition) is 5. The van der Waals surface area contributed by atoms with Crippen LogP contribution in [0.4, 0.5) is 4.39 Å². The Kier molecular flexibility index (Phi) is 6.24. The second-order valence-electron chi connectivity index (χ2n) is 5.85. The molecule has 1 aromatic rings. The minimum absolute atomic E-state index is 0.0441. The van der Waals surface area contributed by atoms with Gasteiger partial charge in [-0.1, -0.05) is 12.1 Å². The first-order valence-corrected chi connectivity index (χ1v) is 9.63. The van der Waals surface area contributed by atoms with Gasteiger partial charge in [0.25, 0.3) is 0 Å². The summed E-state index contributed by atoms with van der Waals surface area (Å²) in [5, 5.41) is 4.89. The number of carbonyl (C=O) groups is 3. The van der Waals surface area contributed by atoms with Gasteiger partial charge in [0.2, 0.25) is 11.8 Å². The Bertz CT molecular complexity index is 778. The number of sulfone groups is 1. The maximum absolute atomic E-state index is 13.4. The lowest BCUT2D eigenvalue weighted by Gasteiger charge is -2.11. The Balaban J connectivity index is 1.69. The fraction of sp³-hybridized carbons (Fsp3) is 0.438. The van der Waals surface area contributed by atoms with Gasteiger partial charge in [-0.05, 0) is 18.6 Å². The number of amides is 2. The van der Waals surface area contributed by atoms with Crippen molar-refractivity contribution in [2.24, 2.45) is 0 Å². The maximum atomic E-state index is 13.4. The van der Waals surface area contributed by atoms with Crippen molar-refractivity contribution in [2.75, 3.05) is 18.1 Å². The number of hydrogen-bond donors (Lipinski definition) is 2.